The molecule has 0 aromatic carbocycles. The first kappa shape index (κ1) is 15.4. The van der Waals surface area contributed by atoms with Gasteiger partial charge >= 0.3 is 0 Å². The summed E-state index contributed by atoms with van der Waals surface area (Å²) in [6, 6.07) is 6.01. The Labute approximate surface area is 129 Å². The van der Waals surface area contributed by atoms with Gasteiger partial charge in [-0.15, -0.1) is 11.3 Å². The Hall–Kier alpha value is -1.95. The molecular formula is C15H21N5S. The van der Waals surface area contributed by atoms with Crippen molar-refractivity contribution in [1.82, 2.24) is 20.6 Å². The van der Waals surface area contributed by atoms with Gasteiger partial charge in [0, 0.05) is 36.8 Å². The second kappa shape index (κ2) is 7.73. The molecular weight excluding hydrogens is 282 g/mol. The van der Waals surface area contributed by atoms with Crippen LogP contribution < -0.4 is 10.6 Å². The predicted molar refractivity (Wildman–Crippen MR) is 87.7 cm³/mol. The SMILES string of the molecule is CN=C(NCCc1ncc(C)s1)NCc1cccc(C)n1. The molecule has 0 unspecified atom stereocenters. The third kappa shape index (κ3) is 5.15. The quantitative estimate of drug-likeness (QED) is 0.655. The lowest BCUT2D eigenvalue weighted by atomic mass is 10.3. The zero-order chi connectivity index (χ0) is 15.1. The molecule has 2 rings (SSSR count). The Morgan fingerprint density at radius 1 is 1.29 bits per heavy atom. The number of guanidine groups is 1. The molecule has 21 heavy (non-hydrogen) atoms. The van der Waals surface area contributed by atoms with Crippen molar-refractivity contribution in [2.24, 2.45) is 4.99 Å². The molecule has 0 amide bonds. The van der Waals surface area contributed by atoms with Gasteiger partial charge in [0.25, 0.3) is 0 Å². The van der Waals surface area contributed by atoms with Crippen LogP contribution in [0.5, 0.6) is 0 Å². The number of hydrogen-bond acceptors (Lipinski definition) is 4. The van der Waals surface area contributed by atoms with Gasteiger partial charge in [-0.2, -0.15) is 0 Å². The number of rotatable bonds is 5. The van der Waals surface area contributed by atoms with Gasteiger partial charge in [0.15, 0.2) is 5.96 Å². The van der Waals surface area contributed by atoms with E-state index in [-0.39, 0.29) is 0 Å². The molecule has 2 N–H and O–H groups in total. The van der Waals surface area contributed by atoms with Gasteiger partial charge in [-0.3, -0.25) is 9.98 Å². The van der Waals surface area contributed by atoms with E-state index in [1.54, 1.807) is 18.4 Å². The molecule has 0 atom stereocenters. The summed E-state index contributed by atoms with van der Waals surface area (Å²) in [5, 5.41) is 7.70. The average Bonchev–Trinajstić information content (AvgIpc) is 2.88. The van der Waals surface area contributed by atoms with Gasteiger partial charge in [0.1, 0.15) is 0 Å². The molecule has 0 fully saturated rings. The first-order chi connectivity index (χ1) is 10.2. The first-order valence-electron chi connectivity index (χ1n) is 6.95. The molecule has 0 aliphatic heterocycles. The predicted octanol–water partition coefficient (Wildman–Crippen LogP) is 2.06. The van der Waals surface area contributed by atoms with E-state index < -0.39 is 0 Å². The fourth-order valence-corrected chi connectivity index (χ4v) is 2.68. The maximum Gasteiger partial charge on any atom is 0.191 e. The van der Waals surface area contributed by atoms with Crippen molar-refractivity contribution in [2.45, 2.75) is 26.8 Å². The summed E-state index contributed by atoms with van der Waals surface area (Å²) in [7, 11) is 1.77. The number of aryl methyl sites for hydroxylation is 2. The average molecular weight is 303 g/mol. The Balaban J connectivity index is 1.76. The van der Waals surface area contributed by atoms with E-state index in [9.17, 15) is 0 Å². The second-order valence-electron chi connectivity index (χ2n) is 4.74. The number of hydrogen-bond donors (Lipinski definition) is 2. The van der Waals surface area contributed by atoms with Crippen molar-refractivity contribution in [3.05, 3.63) is 45.7 Å². The Morgan fingerprint density at radius 2 is 2.14 bits per heavy atom. The van der Waals surface area contributed by atoms with Gasteiger partial charge in [-0.05, 0) is 26.0 Å². The zero-order valence-electron chi connectivity index (χ0n) is 12.7. The molecule has 0 spiro atoms. The molecule has 2 heterocycles. The smallest absolute Gasteiger partial charge is 0.191 e. The highest BCUT2D eigenvalue weighted by Gasteiger charge is 2.01. The number of aliphatic imine (C=N–C) groups is 1. The number of nitrogens with zero attached hydrogens (tertiary/aromatic N) is 3. The molecule has 5 nitrogen and oxygen atoms in total. The van der Waals surface area contributed by atoms with Crippen LogP contribution in [-0.2, 0) is 13.0 Å². The summed E-state index contributed by atoms with van der Waals surface area (Å²) in [6.45, 7) is 5.54. The van der Waals surface area contributed by atoms with Gasteiger partial charge in [-0.1, -0.05) is 6.07 Å². The summed E-state index contributed by atoms with van der Waals surface area (Å²) >= 11 is 1.74. The van der Waals surface area contributed by atoms with E-state index in [0.29, 0.717) is 6.54 Å². The van der Waals surface area contributed by atoms with Crippen LogP contribution in [-0.4, -0.2) is 29.5 Å². The maximum absolute atomic E-state index is 4.46. The van der Waals surface area contributed by atoms with Crippen LogP contribution >= 0.6 is 11.3 Å². The molecule has 0 radical (unpaired) electrons. The molecule has 2 aromatic heterocycles. The number of aromatic nitrogens is 2. The monoisotopic (exact) mass is 303 g/mol. The lowest BCUT2D eigenvalue weighted by Gasteiger charge is -2.11. The lowest BCUT2D eigenvalue weighted by molar-refractivity contribution is 0.779. The fraction of sp³-hybridized carbons (Fsp3) is 0.400. The Bertz CT molecular complexity index is 606. The number of nitrogens with one attached hydrogen (secondary N) is 2. The van der Waals surface area contributed by atoms with E-state index in [1.807, 2.05) is 31.3 Å². The Morgan fingerprint density at radius 3 is 2.81 bits per heavy atom. The molecule has 6 heteroatoms. The summed E-state index contributed by atoms with van der Waals surface area (Å²) in [5.74, 6) is 0.784. The molecule has 0 aliphatic rings. The van der Waals surface area contributed by atoms with Crippen molar-refractivity contribution in [2.75, 3.05) is 13.6 Å². The third-order valence-corrected chi connectivity index (χ3v) is 3.88. The van der Waals surface area contributed by atoms with Crippen LogP contribution in [0.3, 0.4) is 0 Å². The summed E-state index contributed by atoms with van der Waals surface area (Å²) < 4.78 is 0. The standard InChI is InChI=1S/C15H21N5S/c1-11-5-4-6-13(20-11)10-19-15(16-3)17-8-7-14-18-9-12(2)21-14/h4-6,9H,7-8,10H2,1-3H3,(H2,16,17,19). The van der Waals surface area contributed by atoms with Crippen molar-refractivity contribution >= 4 is 17.3 Å². The molecule has 112 valence electrons. The number of pyridine rings is 1. The lowest BCUT2D eigenvalue weighted by Crippen LogP contribution is -2.38. The zero-order valence-corrected chi connectivity index (χ0v) is 13.5. The molecule has 0 saturated heterocycles. The van der Waals surface area contributed by atoms with Gasteiger partial charge in [0.05, 0.1) is 17.2 Å². The van der Waals surface area contributed by atoms with Crippen LogP contribution in [0.4, 0.5) is 0 Å². The minimum Gasteiger partial charge on any atom is -0.356 e. The van der Waals surface area contributed by atoms with E-state index in [4.69, 9.17) is 0 Å². The highest BCUT2D eigenvalue weighted by molar-refractivity contribution is 7.11. The highest BCUT2D eigenvalue weighted by Crippen LogP contribution is 2.10. The van der Waals surface area contributed by atoms with Crippen LogP contribution in [0.2, 0.25) is 0 Å². The second-order valence-corrected chi connectivity index (χ2v) is 6.06. The summed E-state index contributed by atoms with van der Waals surface area (Å²) in [5.41, 5.74) is 2.03. The molecule has 0 bridgehead atoms. The largest absolute Gasteiger partial charge is 0.356 e. The fourth-order valence-electron chi connectivity index (χ4n) is 1.90. The highest BCUT2D eigenvalue weighted by atomic mass is 32.1. The van der Waals surface area contributed by atoms with Gasteiger partial charge < -0.3 is 10.6 Å². The van der Waals surface area contributed by atoms with Crippen LogP contribution in [0.25, 0.3) is 0 Å². The van der Waals surface area contributed by atoms with Gasteiger partial charge in [0.2, 0.25) is 0 Å². The number of thiazole rings is 1. The van der Waals surface area contributed by atoms with Crippen LogP contribution in [0.1, 0.15) is 21.3 Å². The van der Waals surface area contributed by atoms with E-state index in [2.05, 4.69) is 32.5 Å². The van der Waals surface area contributed by atoms with Crippen LogP contribution in [0, 0.1) is 13.8 Å². The van der Waals surface area contributed by atoms with E-state index in [0.717, 1.165) is 35.3 Å². The van der Waals surface area contributed by atoms with Crippen molar-refractivity contribution in [1.29, 1.82) is 0 Å². The minimum absolute atomic E-state index is 0.664. The van der Waals surface area contributed by atoms with Crippen molar-refractivity contribution in [3.63, 3.8) is 0 Å². The first-order valence-corrected chi connectivity index (χ1v) is 7.77. The topological polar surface area (TPSA) is 62.2 Å². The van der Waals surface area contributed by atoms with E-state index >= 15 is 0 Å². The normalized spacial score (nSPS) is 11.5. The molecule has 0 saturated carbocycles. The summed E-state index contributed by atoms with van der Waals surface area (Å²) in [4.78, 5) is 14.3. The Kier molecular flexibility index (Phi) is 5.68. The minimum atomic E-state index is 0.664. The van der Waals surface area contributed by atoms with Crippen molar-refractivity contribution < 1.29 is 0 Å². The third-order valence-electron chi connectivity index (χ3n) is 2.91. The van der Waals surface area contributed by atoms with Crippen molar-refractivity contribution in [3.8, 4) is 0 Å². The van der Waals surface area contributed by atoms with E-state index in [1.165, 1.54) is 4.88 Å². The maximum atomic E-state index is 4.46. The summed E-state index contributed by atoms with van der Waals surface area (Å²) in [6.07, 6.45) is 2.82. The molecule has 0 aliphatic carbocycles. The van der Waals surface area contributed by atoms with Gasteiger partial charge in [-0.25, -0.2) is 4.98 Å². The molecule has 2 aromatic rings. The van der Waals surface area contributed by atoms with Crippen LogP contribution in [0.15, 0.2) is 29.4 Å².